The van der Waals surface area contributed by atoms with E-state index in [9.17, 15) is 18.0 Å². The van der Waals surface area contributed by atoms with Crippen molar-refractivity contribution in [1.82, 2.24) is 5.32 Å². The van der Waals surface area contributed by atoms with Crippen molar-refractivity contribution >= 4 is 28.9 Å². The summed E-state index contributed by atoms with van der Waals surface area (Å²) in [5, 5.41) is 6.11. The number of hydrogen-bond acceptors (Lipinski definition) is 3. The molecule has 0 spiro atoms. The highest BCUT2D eigenvalue weighted by atomic mass is 35.5. The van der Waals surface area contributed by atoms with Crippen LogP contribution >= 0.6 is 11.6 Å². The van der Waals surface area contributed by atoms with Crippen molar-refractivity contribution in [3.05, 3.63) is 59.7 Å². The average molecular weight is 426 g/mol. The van der Waals surface area contributed by atoms with Crippen LogP contribution in [-0.4, -0.2) is 37.5 Å². The second-order valence-electron chi connectivity index (χ2n) is 6.98. The zero-order chi connectivity index (χ0) is 20.9. The number of carbonyl (C=O) groups is 1. The summed E-state index contributed by atoms with van der Waals surface area (Å²) in [7, 11) is 0. The molecular weight excluding hydrogens is 403 g/mol. The number of nitrogens with zero attached hydrogens (tertiary/aromatic N) is 1. The molecule has 29 heavy (non-hydrogen) atoms. The van der Waals surface area contributed by atoms with Gasteiger partial charge in [0.05, 0.1) is 5.56 Å². The Hall–Kier alpha value is -2.25. The molecule has 1 atom stereocenters. The topological polar surface area (TPSA) is 44.4 Å². The van der Waals surface area contributed by atoms with Crippen LogP contribution in [0.3, 0.4) is 0 Å². The van der Waals surface area contributed by atoms with E-state index in [2.05, 4.69) is 10.6 Å². The number of rotatable bonds is 6. The Labute approximate surface area is 173 Å². The summed E-state index contributed by atoms with van der Waals surface area (Å²) < 4.78 is 39.3. The molecule has 0 aliphatic carbocycles. The van der Waals surface area contributed by atoms with E-state index < -0.39 is 11.7 Å². The van der Waals surface area contributed by atoms with Gasteiger partial charge in [0.15, 0.2) is 0 Å². The highest BCUT2D eigenvalue weighted by molar-refractivity contribution is 6.29. The second-order valence-corrected chi connectivity index (χ2v) is 7.24. The first-order chi connectivity index (χ1) is 13.9. The number of alkyl halides is 4. The zero-order valence-corrected chi connectivity index (χ0v) is 16.6. The Kier molecular flexibility index (Phi) is 7.03. The first kappa shape index (κ1) is 21.5. The predicted octanol–water partition coefficient (Wildman–Crippen LogP) is 4.29. The van der Waals surface area contributed by atoms with Gasteiger partial charge in [0.2, 0.25) is 5.91 Å². The summed E-state index contributed by atoms with van der Waals surface area (Å²) in [6, 6.07) is 13.0. The molecule has 2 aromatic rings. The maximum absolute atomic E-state index is 13.1. The van der Waals surface area contributed by atoms with Crippen molar-refractivity contribution in [2.75, 3.05) is 35.7 Å². The van der Waals surface area contributed by atoms with Crippen LogP contribution in [0.2, 0.25) is 0 Å². The van der Waals surface area contributed by atoms with E-state index in [4.69, 9.17) is 11.6 Å². The minimum atomic E-state index is -4.36. The predicted molar refractivity (Wildman–Crippen MR) is 110 cm³/mol. The number of carbonyl (C=O) groups excluding carboxylic acids is 1. The van der Waals surface area contributed by atoms with E-state index in [0.29, 0.717) is 30.9 Å². The van der Waals surface area contributed by atoms with Gasteiger partial charge in [-0.15, -0.1) is 11.6 Å². The van der Waals surface area contributed by atoms with Gasteiger partial charge in [-0.2, -0.15) is 13.2 Å². The molecular formula is C21H23ClF3N3O. The number of benzene rings is 2. The lowest BCUT2D eigenvalue weighted by molar-refractivity contribution is -0.137. The van der Waals surface area contributed by atoms with Crippen LogP contribution in [0.15, 0.2) is 48.5 Å². The molecule has 4 nitrogen and oxygen atoms in total. The number of hydrogen-bond donors (Lipinski definition) is 2. The summed E-state index contributed by atoms with van der Waals surface area (Å²) in [4.78, 5) is 13.7. The standard InChI is InChI=1S/C21H23ClF3N3O/c22-13-20(29)27-19-7-2-1-4-15(19)8-9-18-14-26-10-11-28(18)17-6-3-5-16(12-17)21(23,24)25/h1-7,12,18,26H,8-11,13-14H2,(H,27,29). The highest BCUT2D eigenvalue weighted by Gasteiger charge is 2.31. The summed E-state index contributed by atoms with van der Waals surface area (Å²) in [5.74, 6) is -0.395. The molecule has 3 rings (SSSR count). The van der Waals surface area contributed by atoms with Gasteiger partial charge in [0.25, 0.3) is 0 Å². The fraction of sp³-hybridized carbons (Fsp3) is 0.381. The number of para-hydroxylation sites is 1. The summed E-state index contributed by atoms with van der Waals surface area (Å²) in [6.07, 6.45) is -2.95. The Bertz CT molecular complexity index is 844. The van der Waals surface area contributed by atoms with Gasteiger partial charge in [-0.05, 0) is 42.7 Å². The second kappa shape index (κ2) is 9.50. The fourth-order valence-corrected chi connectivity index (χ4v) is 3.65. The third-order valence-electron chi connectivity index (χ3n) is 5.02. The Morgan fingerprint density at radius 3 is 2.76 bits per heavy atom. The van der Waals surface area contributed by atoms with Gasteiger partial charge in [-0.3, -0.25) is 4.79 Å². The van der Waals surface area contributed by atoms with Crippen molar-refractivity contribution < 1.29 is 18.0 Å². The van der Waals surface area contributed by atoms with Crippen LogP contribution in [0.4, 0.5) is 24.5 Å². The molecule has 0 bridgehead atoms. The zero-order valence-electron chi connectivity index (χ0n) is 15.8. The number of halogens is 4. The molecule has 1 heterocycles. The highest BCUT2D eigenvalue weighted by Crippen LogP contribution is 2.32. The number of anilines is 2. The van der Waals surface area contributed by atoms with Crippen LogP contribution in [0, 0.1) is 0 Å². The molecule has 156 valence electrons. The first-order valence-corrected chi connectivity index (χ1v) is 10.0. The summed E-state index contributed by atoms with van der Waals surface area (Å²) >= 11 is 5.58. The van der Waals surface area contributed by atoms with Crippen LogP contribution in [0.5, 0.6) is 0 Å². The number of aryl methyl sites for hydroxylation is 1. The molecule has 2 N–H and O–H groups in total. The van der Waals surface area contributed by atoms with E-state index in [1.54, 1.807) is 6.07 Å². The van der Waals surface area contributed by atoms with Crippen molar-refractivity contribution in [3.8, 4) is 0 Å². The molecule has 1 saturated heterocycles. The molecule has 8 heteroatoms. The third kappa shape index (κ3) is 5.64. The van der Waals surface area contributed by atoms with Gasteiger partial charge in [-0.25, -0.2) is 0 Å². The number of piperazine rings is 1. The van der Waals surface area contributed by atoms with Crippen molar-refractivity contribution in [3.63, 3.8) is 0 Å². The quantitative estimate of drug-likeness (QED) is 0.678. The van der Waals surface area contributed by atoms with Crippen LogP contribution in [0.25, 0.3) is 0 Å². The Morgan fingerprint density at radius 1 is 1.21 bits per heavy atom. The lowest BCUT2D eigenvalue weighted by Crippen LogP contribution is -2.51. The fourth-order valence-electron chi connectivity index (χ4n) is 3.59. The third-order valence-corrected chi connectivity index (χ3v) is 5.26. The number of amides is 1. The van der Waals surface area contributed by atoms with Gasteiger partial charge < -0.3 is 15.5 Å². The minimum Gasteiger partial charge on any atom is -0.366 e. The molecule has 0 radical (unpaired) electrons. The lowest BCUT2D eigenvalue weighted by atomic mass is 10.00. The van der Waals surface area contributed by atoms with Crippen LogP contribution in [-0.2, 0) is 17.4 Å². The van der Waals surface area contributed by atoms with E-state index in [-0.39, 0.29) is 17.8 Å². The van der Waals surface area contributed by atoms with E-state index in [0.717, 1.165) is 24.6 Å². The van der Waals surface area contributed by atoms with Crippen LogP contribution in [0.1, 0.15) is 17.5 Å². The Morgan fingerprint density at radius 2 is 2.00 bits per heavy atom. The molecule has 1 fully saturated rings. The number of nitrogens with one attached hydrogen (secondary N) is 2. The van der Waals surface area contributed by atoms with E-state index in [1.807, 2.05) is 29.2 Å². The Balaban J connectivity index is 1.74. The molecule has 2 aromatic carbocycles. The smallest absolute Gasteiger partial charge is 0.366 e. The molecule has 1 aliphatic rings. The minimum absolute atomic E-state index is 0.0454. The molecule has 1 aliphatic heterocycles. The molecule has 1 unspecified atom stereocenters. The molecule has 0 saturated carbocycles. The van der Waals surface area contributed by atoms with Crippen LogP contribution < -0.4 is 15.5 Å². The normalized spacial score (nSPS) is 17.2. The van der Waals surface area contributed by atoms with Crippen molar-refractivity contribution in [2.45, 2.75) is 25.1 Å². The monoisotopic (exact) mass is 425 g/mol. The maximum Gasteiger partial charge on any atom is 0.416 e. The van der Waals surface area contributed by atoms with Crippen molar-refractivity contribution in [1.29, 1.82) is 0 Å². The van der Waals surface area contributed by atoms with Gasteiger partial charge >= 0.3 is 6.18 Å². The largest absolute Gasteiger partial charge is 0.416 e. The maximum atomic E-state index is 13.1. The first-order valence-electron chi connectivity index (χ1n) is 9.47. The summed E-state index contributed by atoms with van der Waals surface area (Å²) in [5.41, 5.74) is 1.63. The van der Waals surface area contributed by atoms with Gasteiger partial charge in [0, 0.05) is 37.1 Å². The van der Waals surface area contributed by atoms with E-state index in [1.165, 1.54) is 12.1 Å². The van der Waals surface area contributed by atoms with Crippen molar-refractivity contribution in [2.24, 2.45) is 0 Å². The van der Waals surface area contributed by atoms with Gasteiger partial charge in [0.1, 0.15) is 5.88 Å². The van der Waals surface area contributed by atoms with Gasteiger partial charge in [-0.1, -0.05) is 24.3 Å². The average Bonchev–Trinajstić information content (AvgIpc) is 2.72. The SMILES string of the molecule is O=C(CCl)Nc1ccccc1CCC1CNCCN1c1cccc(C(F)(F)F)c1. The molecule has 0 aromatic heterocycles. The lowest BCUT2D eigenvalue weighted by Gasteiger charge is -2.38. The summed E-state index contributed by atoms with van der Waals surface area (Å²) in [6.45, 7) is 2.04. The van der Waals surface area contributed by atoms with E-state index >= 15 is 0 Å². The molecule has 1 amide bonds.